The van der Waals surface area contributed by atoms with Gasteiger partial charge in [-0.1, -0.05) is 0 Å². The molecular formula is C18H20N4O8. The number of nitro benzene ring substituents is 1. The van der Waals surface area contributed by atoms with Gasteiger partial charge in [-0.3, -0.25) is 20.2 Å². The summed E-state index contributed by atoms with van der Waals surface area (Å²) in [4.78, 5) is 46.1. The predicted octanol–water partition coefficient (Wildman–Crippen LogP) is 1.43. The van der Waals surface area contributed by atoms with Gasteiger partial charge in [0.25, 0.3) is 11.6 Å². The maximum absolute atomic E-state index is 12.3. The SMILES string of the molecule is COCCNc1ccc([N+](=O)[O-])cc1C(=O)OCC(=O)NC(=O)NCc1ccco1. The highest BCUT2D eigenvalue weighted by molar-refractivity contribution is 5.99. The number of carbonyl (C=O) groups is 3. The van der Waals surface area contributed by atoms with E-state index in [2.05, 4.69) is 10.6 Å². The number of hydrogen-bond acceptors (Lipinski definition) is 9. The summed E-state index contributed by atoms with van der Waals surface area (Å²) in [6, 6.07) is 6.09. The molecule has 12 nitrogen and oxygen atoms in total. The van der Waals surface area contributed by atoms with Crippen LogP contribution in [0.1, 0.15) is 16.1 Å². The molecule has 12 heteroatoms. The van der Waals surface area contributed by atoms with Crippen LogP contribution in [0.2, 0.25) is 0 Å². The minimum absolute atomic E-state index is 0.0656. The molecular weight excluding hydrogens is 400 g/mol. The minimum atomic E-state index is -0.968. The summed E-state index contributed by atoms with van der Waals surface area (Å²) in [5.74, 6) is -1.35. The number of nitrogens with one attached hydrogen (secondary N) is 3. The lowest BCUT2D eigenvalue weighted by Crippen LogP contribution is -2.41. The standard InChI is InChI=1S/C18H20N4O8/c1-28-8-6-19-15-5-4-12(22(26)27)9-14(15)17(24)30-11-16(23)21-18(25)20-10-13-3-2-7-29-13/h2-5,7,9,19H,6,8,10-11H2,1H3,(H2,20,21,23,25). The van der Waals surface area contributed by atoms with Crippen molar-refractivity contribution in [2.45, 2.75) is 6.54 Å². The number of benzene rings is 1. The Balaban J connectivity index is 1.91. The lowest BCUT2D eigenvalue weighted by atomic mass is 10.1. The molecule has 0 atom stereocenters. The summed E-state index contributed by atoms with van der Waals surface area (Å²) in [5, 5.41) is 18.2. The van der Waals surface area contributed by atoms with Crippen LogP contribution >= 0.6 is 0 Å². The number of esters is 1. The molecule has 30 heavy (non-hydrogen) atoms. The van der Waals surface area contributed by atoms with Crippen molar-refractivity contribution in [1.82, 2.24) is 10.6 Å². The van der Waals surface area contributed by atoms with E-state index in [-0.39, 0.29) is 23.5 Å². The maximum Gasteiger partial charge on any atom is 0.341 e. The zero-order valence-corrected chi connectivity index (χ0v) is 16.0. The van der Waals surface area contributed by atoms with Gasteiger partial charge in [0.15, 0.2) is 6.61 Å². The Bertz CT molecular complexity index is 898. The van der Waals surface area contributed by atoms with Crippen molar-refractivity contribution in [2.24, 2.45) is 0 Å². The second-order valence-corrected chi connectivity index (χ2v) is 5.79. The topological polar surface area (TPSA) is 162 Å². The Morgan fingerprint density at radius 3 is 2.70 bits per heavy atom. The van der Waals surface area contributed by atoms with Crippen molar-refractivity contribution >= 4 is 29.3 Å². The average molecular weight is 420 g/mol. The number of rotatable bonds is 10. The van der Waals surface area contributed by atoms with E-state index in [1.165, 1.54) is 25.5 Å². The molecule has 3 N–H and O–H groups in total. The van der Waals surface area contributed by atoms with Crippen LogP contribution in [-0.4, -0.2) is 49.7 Å². The molecule has 0 fully saturated rings. The summed E-state index contributed by atoms with van der Waals surface area (Å²) < 4.78 is 14.8. The van der Waals surface area contributed by atoms with Crippen LogP contribution in [0.3, 0.4) is 0 Å². The number of non-ortho nitro benzene ring substituents is 1. The van der Waals surface area contributed by atoms with Gasteiger partial charge in [0, 0.05) is 31.5 Å². The summed E-state index contributed by atoms with van der Waals surface area (Å²) in [6.07, 6.45) is 1.44. The first-order valence-corrected chi connectivity index (χ1v) is 8.69. The molecule has 0 aliphatic heterocycles. The molecule has 1 aromatic heterocycles. The van der Waals surface area contributed by atoms with Crippen LogP contribution in [0, 0.1) is 10.1 Å². The Kier molecular flexibility index (Phi) is 8.32. The number of carbonyl (C=O) groups excluding carboxylic acids is 3. The number of amides is 3. The fraction of sp³-hybridized carbons (Fsp3) is 0.278. The number of imide groups is 1. The molecule has 0 saturated heterocycles. The van der Waals surface area contributed by atoms with E-state index in [0.717, 1.165) is 6.07 Å². The van der Waals surface area contributed by atoms with Gasteiger partial charge >= 0.3 is 12.0 Å². The van der Waals surface area contributed by atoms with Gasteiger partial charge in [-0.2, -0.15) is 0 Å². The summed E-state index contributed by atoms with van der Waals surface area (Å²) >= 11 is 0. The molecule has 0 aliphatic carbocycles. The molecule has 0 spiro atoms. The first kappa shape index (κ1) is 22.4. The van der Waals surface area contributed by atoms with Crippen LogP contribution < -0.4 is 16.0 Å². The highest BCUT2D eigenvalue weighted by Crippen LogP contribution is 2.23. The van der Waals surface area contributed by atoms with Crippen LogP contribution in [0.25, 0.3) is 0 Å². The molecule has 1 aromatic carbocycles. The minimum Gasteiger partial charge on any atom is -0.467 e. The van der Waals surface area contributed by atoms with E-state index in [1.54, 1.807) is 12.1 Å². The fourth-order valence-corrected chi connectivity index (χ4v) is 2.25. The second-order valence-electron chi connectivity index (χ2n) is 5.79. The summed E-state index contributed by atoms with van der Waals surface area (Å²) in [6.45, 7) is -0.0186. The van der Waals surface area contributed by atoms with Crippen molar-refractivity contribution in [1.29, 1.82) is 0 Å². The summed E-state index contributed by atoms with van der Waals surface area (Å²) in [7, 11) is 1.50. The Morgan fingerprint density at radius 2 is 2.03 bits per heavy atom. The van der Waals surface area contributed by atoms with Gasteiger partial charge in [-0.25, -0.2) is 9.59 Å². The van der Waals surface area contributed by atoms with Crippen molar-refractivity contribution in [3.63, 3.8) is 0 Å². The highest BCUT2D eigenvalue weighted by Gasteiger charge is 2.19. The molecule has 0 radical (unpaired) electrons. The molecule has 1 heterocycles. The van der Waals surface area contributed by atoms with E-state index < -0.39 is 29.4 Å². The lowest BCUT2D eigenvalue weighted by Gasteiger charge is -2.11. The Hall–Kier alpha value is -3.93. The van der Waals surface area contributed by atoms with E-state index in [9.17, 15) is 24.5 Å². The van der Waals surface area contributed by atoms with E-state index in [0.29, 0.717) is 18.9 Å². The fourth-order valence-electron chi connectivity index (χ4n) is 2.25. The smallest absolute Gasteiger partial charge is 0.341 e. The third-order valence-corrected chi connectivity index (χ3v) is 3.65. The van der Waals surface area contributed by atoms with E-state index in [1.807, 2.05) is 5.32 Å². The average Bonchev–Trinajstić information content (AvgIpc) is 3.24. The zero-order chi connectivity index (χ0) is 21.9. The number of methoxy groups -OCH3 is 1. The quantitative estimate of drug-likeness (QED) is 0.223. The monoisotopic (exact) mass is 420 g/mol. The number of ether oxygens (including phenoxy) is 2. The molecule has 2 rings (SSSR count). The predicted molar refractivity (Wildman–Crippen MR) is 103 cm³/mol. The third kappa shape index (κ3) is 6.91. The van der Waals surface area contributed by atoms with Gasteiger partial charge in [0.05, 0.1) is 29.9 Å². The first-order chi connectivity index (χ1) is 14.4. The molecule has 0 unspecified atom stereocenters. The van der Waals surface area contributed by atoms with Crippen LogP contribution in [0.4, 0.5) is 16.2 Å². The number of nitro groups is 1. The number of hydrogen-bond donors (Lipinski definition) is 3. The molecule has 0 saturated carbocycles. The number of furan rings is 1. The van der Waals surface area contributed by atoms with E-state index in [4.69, 9.17) is 13.9 Å². The number of anilines is 1. The summed E-state index contributed by atoms with van der Waals surface area (Å²) in [5.41, 5.74) is -0.171. The Morgan fingerprint density at radius 1 is 1.23 bits per heavy atom. The highest BCUT2D eigenvalue weighted by atomic mass is 16.6. The van der Waals surface area contributed by atoms with Gasteiger partial charge in [-0.15, -0.1) is 0 Å². The van der Waals surface area contributed by atoms with Crippen LogP contribution in [-0.2, 0) is 20.8 Å². The number of nitrogens with zero attached hydrogens (tertiary/aromatic N) is 1. The molecule has 3 amide bonds. The molecule has 0 bridgehead atoms. The molecule has 0 aliphatic rings. The van der Waals surface area contributed by atoms with Crippen molar-refractivity contribution in [2.75, 3.05) is 32.2 Å². The lowest BCUT2D eigenvalue weighted by molar-refractivity contribution is -0.384. The normalized spacial score (nSPS) is 10.2. The largest absolute Gasteiger partial charge is 0.467 e. The molecule has 160 valence electrons. The van der Waals surface area contributed by atoms with Crippen LogP contribution in [0.15, 0.2) is 41.0 Å². The van der Waals surface area contributed by atoms with Crippen molar-refractivity contribution in [3.05, 3.63) is 58.0 Å². The van der Waals surface area contributed by atoms with Gasteiger partial charge < -0.3 is 24.5 Å². The Labute approximate surface area is 170 Å². The van der Waals surface area contributed by atoms with Crippen molar-refractivity contribution in [3.8, 4) is 0 Å². The van der Waals surface area contributed by atoms with Gasteiger partial charge in [0.2, 0.25) is 0 Å². The first-order valence-electron chi connectivity index (χ1n) is 8.69. The second kappa shape index (κ2) is 11.2. The van der Waals surface area contributed by atoms with E-state index >= 15 is 0 Å². The molecule has 2 aromatic rings. The number of urea groups is 1. The van der Waals surface area contributed by atoms with Crippen molar-refractivity contribution < 1.29 is 33.2 Å². The zero-order valence-electron chi connectivity index (χ0n) is 16.0. The van der Waals surface area contributed by atoms with Crippen LogP contribution in [0.5, 0.6) is 0 Å². The maximum atomic E-state index is 12.3. The van der Waals surface area contributed by atoms with Gasteiger partial charge in [0.1, 0.15) is 5.76 Å². The third-order valence-electron chi connectivity index (χ3n) is 3.65. The van der Waals surface area contributed by atoms with Gasteiger partial charge in [-0.05, 0) is 18.2 Å².